The van der Waals surface area contributed by atoms with Crippen molar-refractivity contribution < 1.29 is 13.2 Å². The normalized spacial score (nSPS) is 11.5. The van der Waals surface area contributed by atoms with E-state index in [0.717, 1.165) is 6.26 Å². The first-order chi connectivity index (χ1) is 12.2. The fourth-order valence-corrected chi connectivity index (χ4v) is 3.47. The molecule has 2 aromatic carbocycles. The maximum absolute atomic E-state index is 12.6. The molecule has 0 saturated carbocycles. The Morgan fingerprint density at radius 1 is 1.08 bits per heavy atom. The number of hydrogen-bond donors (Lipinski definition) is 2. The molecule has 9 heteroatoms. The summed E-state index contributed by atoms with van der Waals surface area (Å²) in [5.74, 6) is -0.619. The molecule has 2 N–H and O–H groups in total. The Labute approximate surface area is 158 Å². The highest BCUT2D eigenvalue weighted by Crippen LogP contribution is 2.28. The lowest BCUT2D eigenvalue weighted by Crippen LogP contribution is -2.14. The topological polar surface area (TPSA) is 96.1 Å². The average Bonchev–Trinajstić information content (AvgIpc) is 2.56. The second-order valence-corrected chi connectivity index (χ2v) is 8.42. The van der Waals surface area contributed by atoms with Crippen LogP contribution in [0.1, 0.15) is 10.4 Å². The maximum atomic E-state index is 12.6. The summed E-state index contributed by atoms with van der Waals surface area (Å²) in [4.78, 5) is 26.9. The van der Waals surface area contributed by atoms with Gasteiger partial charge in [-0.1, -0.05) is 23.2 Å². The molecule has 0 aliphatic rings. The summed E-state index contributed by atoms with van der Waals surface area (Å²) in [6, 6.07) is 8.53. The number of H-pyrrole nitrogens is 1. The quantitative estimate of drug-likeness (QED) is 0.690. The number of benzene rings is 2. The number of halogens is 2. The van der Waals surface area contributed by atoms with E-state index in [-0.39, 0.29) is 31.8 Å². The summed E-state index contributed by atoms with van der Waals surface area (Å²) >= 11 is 12.2. The number of sulfone groups is 1. The minimum absolute atomic E-state index is 0.00309. The van der Waals surface area contributed by atoms with E-state index in [2.05, 4.69) is 10.3 Å². The number of hydrogen-bond acceptors (Lipinski definition) is 4. The summed E-state index contributed by atoms with van der Waals surface area (Å²) in [5, 5.41) is 3.83. The maximum Gasteiger partial charge on any atom is 0.257 e. The highest BCUT2D eigenvalue weighted by molar-refractivity contribution is 7.90. The molecule has 0 bridgehead atoms. The van der Waals surface area contributed by atoms with Crippen molar-refractivity contribution in [3.8, 4) is 0 Å². The van der Waals surface area contributed by atoms with Crippen molar-refractivity contribution in [3.05, 3.63) is 68.6 Å². The summed E-state index contributed by atoms with van der Waals surface area (Å²) in [5.41, 5.74) is -0.0292. The van der Waals surface area contributed by atoms with Gasteiger partial charge in [-0.15, -0.1) is 0 Å². The molecular formula is C17H12Cl2N2O4S. The van der Waals surface area contributed by atoms with Crippen LogP contribution < -0.4 is 10.9 Å². The first-order valence-electron chi connectivity index (χ1n) is 7.29. The Morgan fingerprint density at radius 2 is 1.81 bits per heavy atom. The van der Waals surface area contributed by atoms with Gasteiger partial charge in [-0.2, -0.15) is 0 Å². The van der Waals surface area contributed by atoms with Gasteiger partial charge in [-0.25, -0.2) is 8.42 Å². The molecule has 3 aromatic rings. The van der Waals surface area contributed by atoms with Gasteiger partial charge in [0.05, 0.1) is 26.2 Å². The number of aromatic amines is 1. The largest absolute Gasteiger partial charge is 0.329 e. The molecule has 26 heavy (non-hydrogen) atoms. The molecule has 0 atom stereocenters. The van der Waals surface area contributed by atoms with Gasteiger partial charge in [0.2, 0.25) is 0 Å². The van der Waals surface area contributed by atoms with Crippen LogP contribution in [0.5, 0.6) is 0 Å². The van der Waals surface area contributed by atoms with Gasteiger partial charge in [0, 0.05) is 17.8 Å². The van der Waals surface area contributed by atoms with Crippen molar-refractivity contribution in [2.24, 2.45) is 0 Å². The zero-order chi connectivity index (χ0) is 19.1. The van der Waals surface area contributed by atoms with Crippen LogP contribution in [0.15, 0.2) is 52.3 Å². The zero-order valence-electron chi connectivity index (χ0n) is 13.3. The van der Waals surface area contributed by atoms with E-state index in [9.17, 15) is 18.0 Å². The van der Waals surface area contributed by atoms with Crippen LogP contribution in [0.25, 0.3) is 10.8 Å². The number of nitrogens with one attached hydrogen (secondary N) is 2. The number of pyridine rings is 1. The van der Waals surface area contributed by atoms with Crippen LogP contribution in [0, 0.1) is 0 Å². The first kappa shape index (κ1) is 18.4. The molecule has 1 amide bonds. The Kier molecular flexibility index (Phi) is 4.79. The molecular weight excluding hydrogens is 399 g/mol. The van der Waals surface area contributed by atoms with E-state index in [1.165, 1.54) is 30.5 Å². The molecule has 1 aromatic heterocycles. The van der Waals surface area contributed by atoms with Gasteiger partial charge in [-0.3, -0.25) is 9.59 Å². The smallest absolute Gasteiger partial charge is 0.257 e. The molecule has 0 saturated heterocycles. The number of amides is 1. The SMILES string of the molecule is CS(=O)(=O)c1ccc(Cl)c(C(=O)Nc2cc3cc[nH]c(=O)c3cc2Cl)c1. The van der Waals surface area contributed by atoms with Crippen molar-refractivity contribution in [1.29, 1.82) is 0 Å². The average molecular weight is 411 g/mol. The minimum Gasteiger partial charge on any atom is -0.329 e. The van der Waals surface area contributed by atoms with E-state index in [1.54, 1.807) is 12.1 Å². The van der Waals surface area contributed by atoms with Crippen molar-refractivity contribution in [2.45, 2.75) is 4.90 Å². The van der Waals surface area contributed by atoms with Crippen LogP contribution in [0.2, 0.25) is 10.0 Å². The minimum atomic E-state index is -3.49. The molecule has 0 spiro atoms. The predicted octanol–water partition coefficient (Wildman–Crippen LogP) is 3.49. The fourth-order valence-electron chi connectivity index (χ4n) is 2.40. The molecule has 0 unspecified atom stereocenters. The molecule has 0 aliphatic heterocycles. The fraction of sp³-hybridized carbons (Fsp3) is 0.0588. The lowest BCUT2D eigenvalue weighted by molar-refractivity contribution is 0.102. The van der Waals surface area contributed by atoms with Crippen LogP contribution in [-0.2, 0) is 9.84 Å². The summed E-state index contributed by atoms with van der Waals surface area (Å²) in [6.45, 7) is 0. The number of fused-ring (bicyclic) bond motifs is 1. The molecule has 3 rings (SSSR count). The number of carbonyl (C=O) groups excluding carboxylic acids is 1. The van der Waals surface area contributed by atoms with E-state index in [0.29, 0.717) is 10.8 Å². The third-order valence-corrected chi connectivity index (χ3v) is 5.47. The predicted molar refractivity (Wildman–Crippen MR) is 102 cm³/mol. The Bertz CT molecular complexity index is 1200. The summed E-state index contributed by atoms with van der Waals surface area (Å²) < 4.78 is 23.4. The van der Waals surface area contributed by atoms with Crippen LogP contribution >= 0.6 is 23.2 Å². The molecule has 0 fully saturated rings. The van der Waals surface area contributed by atoms with Crippen molar-refractivity contribution in [1.82, 2.24) is 4.98 Å². The van der Waals surface area contributed by atoms with Gasteiger partial charge in [-0.05, 0) is 41.8 Å². The highest BCUT2D eigenvalue weighted by atomic mass is 35.5. The Hall–Kier alpha value is -2.35. The summed E-state index contributed by atoms with van der Waals surface area (Å²) in [7, 11) is -3.49. The molecule has 0 radical (unpaired) electrons. The molecule has 0 aliphatic carbocycles. The van der Waals surface area contributed by atoms with Crippen molar-refractivity contribution in [3.63, 3.8) is 0 Å². The number of anilines is 1. The Morgan fingerprint density at radius 3 is 2.50 bits per heavy atom. The standard InChI is InChI=1S/C17H12Cl2N2O4S/c1-26(24,25)10-2-3-13(18)12(7-10)17(23)21-15-6-9-4-5-20-16(22)11(9)8-14(15)19/h2-8H,1H3,(H,20,22)(H,21,23). The van der Waals surface area contributed by atoms with Crippen molar-refractivity contribution in [2.75, 3.05) is 11.6 Å². The van der Waals surface area contributed by atoms with Gasteiger partial charge >= 0.3 is 0 Å². The molecule has 6 nitrogen and oxygen atoms in total. The molecule has 134 valence electrons. The monoisotopic (exact) mass is 410 g/mol. The number of aromatic nitrogens is 1. The lowest BCUT2D eigenvalue weighted by Gasteiger charge is -2.10. The van der Waals surface area contributed by atoms with Gasteiger partial charge < -0.3 is 10.3 Å². The van der Waals surface area contributed by atoms with Crippen LogP contribution in [0.3, 0.4) is 0 Å². The van der Waals surface area contributed by atoms with Crippen molar-refractivity contribution >= 4 is 55.4 Å². The molecule has 1 heterocycles. The van der Waals surface area contributed by atoms with E-state index in [4.69, 9.17) is 23.2 Å². The number of rotatable bonds is 3. The van der Waals surface area contributed by atoms with Crippen LogP contribution in [0.4, 0.5) is 5.69 Å². The Balaban J connectivity index is 2.02. The van der Waals surface area contributed by atoms with E-state index in [1.807, 2.05) is 0 Å². The third kappa shape index (κ3) is 3.60. The summed E-state index contributed by atoms with van der Waals surface area (Å²) in [6.07, 6.45) is 2.52. The lowest BCUT2D eigenvalue weighted by atomic mass is 10.1. The van der Waals surface area contributed by atoms with E-state index >= 15 is 0 Å². The zero-order valence-corrected chi connectivity index (χ0v) is 15.7. The third-order valence-electron chi connectivity index (χ3n) is 3.72. The second kappa shape index (κ2) is 6.75. The van der Waals surface area contributed by atoms with Gasteiger partial charge in [0.25, 0.3) is 11.5 Å². The highest BCUT2D eigenvalue weighted by Gasteiger charge is 2.17. The van der Waals surface area contributed by atoms with Gasteiger partial charge in [0.1, 0.15) is 0 Å². The van der Waals surface area contributed by atoms with Crippen LogP contribution in [-0.4, -0.2) is 25.6 Å². The first-order valence-corrected chi connectivity index (χ1v) is 9.93. The number of carbonyl (C=O) groups is 1. The second-order valence-electron chi connectivity index (χ2n) is 5.59. The van der Waals surface area contributed by atoms with E-state index < -0.39 is 15.7 Å². The van der Waals surface area contributed by atoms with Gasteiger partial charge in [0.15, 0.2) is 9.84 Å².